The van der Waals surface area contributed by atoms with Crippen LogP contribution < -0.4 is 10.1 Å². The molecule has 1 fully saturated rings. The minimum atomic E-state index is -1.31. The van der Waals surface area contributed by atoms with Gasteiger partial charge in [-0.3, -0.25) is 9.88 Å². The second-order valence-electron chi connectivity index (χ2n) is 5.61. The van der Waals surface area contributed by atoms with Gasteiger partial charge in [-0.1, -0.05) is 0 Å². The van der Waals surface area contributed by atoms with E-state index in [1.807, 2.05) is 12.1 Å². The molecule has 3 N–H and O–H groups in total. The van der Waals surface area contributed by atoms with Crippen molar-refractivity contribution in [3.05, 3.63) is 30.0 Å². The number of hydrogen-bond donors (Lipinski definition) is 3. The summed E-state index contributed by atoms with van der Waals surface area (Å²) in [6, 6.07) is 5.38. The summed E-state index contributed by atoms with van der Waals surface area (Å²) in [4.78, 5) is 21.2. The fourth-order valence-electron chi connectivity index (χ4n) is 2.63. The van der Waals surface area contributed by atoms with E-state index >= 15 is 0 Å². The Bertz CT molecular complexity index is 756. The number of nitrogens with one attached hydrogen (secondary N) is 1. The molecular formula is C16H20N4O5. The number of nitrogens with zero attached hydrogens (tertiary/aromatic N) is 3. The smallest absolute Gasteiger partial charge is 0.412 e. The van der Waals surface area contributed by atoms with Crippen LogP contribution in [0.1, 0.15) is 5.56 Å². The van der Waals surface area contributed by atoms with E-state index < -0.39 is 18.4 Å². The van der Waals surface area contributed by atoms with Crippen LogP contribution in [0.3, 0.4) is 0 Å². The largest absolute Gasteiger partial charge is 0.481 e. The number of aliphatic hydroxyl groups excluding tert-OH is 2. The standard InChI is InChI=1S/C16H20N4O5/c1-24-13-3-2-11-14(19-13)10(4-5-18-11)8-17-9-12(21)15(22)20-6-7-25-16(20)23/h2-5,12,15,17,21-22H,6-9H2,1H3/t12-,15+/m0/s1. The molecule has 1 aliphatic heterocycles. The van der Waals surface area contributed by atoms with Gasteiger partial charge in [0, 0.05) is 25.4 Å². The van der Waals surface area contributed by atoms with Gasteiger partial charge in [0.25, 0.3) is 0 Å². The zero-order chi connectivity index (χ0) is 17.8. The molecule has 0 unspecified atom stereocenters. The van der Waals surface area contributed by atoms with Crippen LogP contribution in [0, 0.1) is 0 Å². The Balaban J connectivity index is 1.62. The average Bonchev–Trinajstić information content (AvgIpc) is 3.06. The minimum absolute atomic E-state index is 0.0960. The molecule has 0 aromatic carbocycles. The average molecular weight is 348 g/mol. The highest BCUT2D eigenvalue weighted by molar-refractivity contribution is 5.78. The molecule has 0 spiro atoms. The number of carbonyl (C=O) groups excluding carboxylic acids is 1. The Kier molecular flexibility index (Phi) is 5.27. The van der Waals surface area contributed by atoms with E-state index in [1.165, 1.54) is 0 Å². The van der Waals surface area contributed by atoms with Gasteiger partial charge in [-0.05, 0) is 17.7 Å². The number of rotatable bonds is 7. The number of cyclic esters (lactones) is 1. The molecule has 9 heteroatoms. The fraction of sp³-hybridized carbons (Fsp3) is 0.438. The van der Waals surface area contributed by atoms with Crippen LogP contribution in [0.4, 0.5) is 4.79 Å². The van der Waals surface area contributed by atoms with E-state index in [9.17, 15) is 15.0 Å². The molecule has 1 saturated heterocycles. The molecule has 0 radical (unpaired) electrons. The molecule has 2 aromatic rings. The highest BCUT2D eigenvalue weighted by atomic mass is 16.6. The molecule has 3 heterocycles. The Hall–Kier alpha value is -2.49. The van der Waals surface area contributed by atoms with Crippen molar-refractivity contribution in [2.45, 2.75) is 18.9 Å². The number of hydrogen-bond acceptors (Lipinski definition) is 8. The van der Waals surface area contributed by atoms with Gasteiger partial charge in [0.1, 0.15) is 12.7 Å². The lowest BCUT2D eigenvalue weighted by atomic mass is 10.2. The van der Waals surface area contributed by atoms with Crippen LogP contribution in [0.5, 0.6) is 5.88 Å². The highest BCUT2D eigenvalue weighted by Gasteiger charge is 2.32. The zero-order valence-electron chi connectivity index (χ0n) is 13.8. The minimum Gasteiger partial charge on any atom is -0.481 e. The number of pyridine rings is 2. The highest BCUT2D eigenvalue weighted by Crippen LogP contribution is 2.18. The Morgan fingerprint density at radius 3 is 2.96 bits per heavy atom. The van der Waals surface area contributed by atoms with Gasteiger partial charge >= 0.3 is 6.09 Å². The van der Waals surface area contributed by atoms with Crippen molar-refractivity contribution in [2.24, 2.45) is 0 Å². The first-order valence-electron chi connectivity index (χ1n) is 7.89. The van der Waals surface area contributed by atoms with Crippen LogP contribution in [0.25, 0.3) is 11.0 Å². The van der Waals surface area contributed by atoms with Crippen LogP contribution in [-0.4, -0.2) is 70.3 Å². The molecule has 1 amide bonds. The molecule has 0 saturated carbocycles. The summed E-state index contributed by atoms with van der Waals surface area (Å²) in [7, 11) is 1.55. The summed E-state index contributed by atoms with van der Waals surface area (Å²) in [5.41, 5.74) is 2.32. The number of amides is 1. The van der Waals surface area contributed by atoms with E-state index in [0.29, 0.717) is 17.9 Å². The van der Waals surface area contributed by atoms with Crippen molar-refractivity contribution >= 4 is 17.1 Å². The summed E-state index contributed by atoms with van der Waals surface area (Å²) in [6.07, 6.45) is -1.39. The van der Waals surface area contributed by atoms with Gasteiger partial charge in [0.2, 0.25) is 5.88 Å². The van der Waals surface area contributed by atoms with Crippen LogP contribution in [0.2, 0.25) is 0 Å². The number of aromatic nitrogens is 2. The van der Waals surface area contributed by atoms with Crippen LogP contribution in [0.15, 0.2) is 24.4 Å². The Morgan fingerprint density at radius 1 is 1.40 bits per heavy atom. The first-order valence-corrected chi connectivity index (χ1v) is 7.89. The van der Waals surface area contributed by atoms with Gasteiger partial charge < -0.3 is 25.0 Å². The van der Waals surface area contributed by atoms with Crippen LogP contribution >= 0.6 is 0 Å². The van der Waals surface area contributed by atoms with E-state index in [-0.39, 0.29) is 19.7 Å². The third-order valence-electron chi connectivity index (χ3n) is 3.98. The molecule has 25 heavy (non-hydrogen) atoms. The van der Waals surface area contributed by atoms with E-state index in [4.69, 9.17) is 9.47 Å². The van der Waals surface area contributed by atoms with Crippen molar-refractivity contribution in [1.29, 1.82) is 0 Å². The SMILES string of the molecule is COc1ccc2nccc(CNC[C@H](O)[C@@H](O)N3CCOC3=O)c2n1. The second-order valence-corrected chi connectivity index (χ2v) is 5.61. The molecular weight excluding hydrogens is 328 g/mol. The van der Waals surface area contributed by atoms with Crippen molar-refractivity contribution in [1.82, 2.24) is 20.2 Å². The van der Waals surface area contributed by atoms with Crippen molar-refractivity contribution < 1.29 is 24.5 Å². The predicted molar refractivity (Wildman–Crippen MR) is 87.9 cm³/mol. The summed E-state index contributed by atoms with van der Waals surface area (Å²) in [5.74, 6) is 0.491. The maximum atomic E-state index is 11.4. The van der Waals surface area contributed by atoms with E-state index in [1.54, 1.807) is 19.4 Å². The maximum absolute atomic E-state index is 11.4. The predicted octanol–water partition coefficient (Wildman–Crippen LogP) is -0.140. The quantitative estimate of drug-likeness (QED) is 0.633. The van der Waals surface area contributed by atoms with Crippen LogP contribution in [-0.2, 0) is 11.3 Å². The number of ether oxygens (including phenoxy) is 2. The lowest BCUT2D eigenvalue weighted by Crippen LogP contribution is -2.48. The van der Waals surface area contributed by atoms with Gasteiger partial charge in [-0.2, -0.15) is 0 Å². The van der Waals surface area contributed by atoms with Gasteiger partial charge in [0.05, 0.1) is 24.7 Å². The summed E-state index contributed by atoms with van der Waals surface area (Å²) >= 11 is 0. The number of aliphatic hydroxyl groups is 2. The summed E-state index contributed by atoms with van der Waals surface area (Å²) < 4.78 is 9.89. The second kappa shape index (κ2) is 7.60. The molecule has 134 valence electrons. The molecule has 1 aliphatic rings. The molecule has 0 aliphatic carbocycles. The van der Waals surface area contributed by atoms with E-state index in [2.05, 4.69) is 15.3 Å². The summed E-state index contributed by atoms with van der Waals surface area (Å²) in [5, 5.41) is 23.1. The normalized spacial score (nSPS) is 16.8. The first kappa shape index (κ1) is 17.3. The van der Waals surface area contributed by atoms with Crippen molar-refractivity contribution in [2.75, 3.05) is 26.8 Å². The van der Waals surface area contributed by atoms with Crippen molar-refractivity contribution in [3.63, 3.8) is 0 Å². The molecule has 0 bridgehead atoms. The number of fused-ring (bicyclic) bond motifs is 1. The molecule has 9 nitrogen and oxygen atoms in total. The Morgan fingerprint density at radius 2 is 2.24 bits per heavy atom. The molecule has 3 rings (SSSR count). The Labute approximate surface area is 144 Å². The maximum Gasteiger partial charge on any atom is 0.412 e. The van der Waals surface area contributed by atoms with Crippen molar-refractivity contribution in [3.8, 4) is 5.88 Å². The number of carbonyl (C=O) groups is 1. The lowest BCUT2D eigenvalue weighted by molar-refractivity contribution is -0.0564. The number of methoxy groups -OCH3 is 1. The van der Waals surface area contributed by atoms with Gasteiger partial charge in [-0.25, -0.2) is 9.78 Å². The fourth-order valence-corrected chi connectivity index (χ4v) is 2.63. The summed E-state index contributed by atoms with van der Waals surface area (Å²) in [6.45, 7) is 0.981. The van der Waals surface area contributed by atoms with Gasteiger partial charge in [-0.15, -0.1) is 0 Å². The first-order chi connectivity index (χ1) is 12.1. The zero-order valence-corrected chi connectivity index (χ0v) is 13.8. The molecule has 2 aromatic heterocycles. The third-order valence-corrected chi connectivity index (χ3v) is 3.98. The van der Waals surface area contributed by atoms with E-state index in [0.717, 1.165) is 16.0 Å². The topological polar surface area (TPSA) is 117 Å². The monoisotopic (exact) mass is 348 g/mol. The molecule has 2 atom stereocenters. The van der Waals surface area contributed by atoms with Gasteiger partial charge in [0.15, 0.2) is 6.23 Å². The lowest BCUT2D eigenvalue weighted by Gasteiger charge is -2.25. The third kappa shape index (κ3) is 3.78.